The van der Waals surface area contributed by atoms with Crippen LogP contribution in [-0.2, 0) is 0 Å². The number of aryl methyl sites for hydroxylation is 1. The Hall–Kier alpha value is -3.83. The minimum atomic E-state index is -0.175. The Balaban J connectivity index is 1.49. The Bertz CT molecular complexity index is 1520. The molecule has 5 heteroatoms. The number of hydrogen-bond acceptors (Lipinski definition) is 4. The largest absolute Gasteiger partial charge is 0.298 e. The summed E-state index contributed by atoms with van der Waals surface area (Å²) in [6.07, 6.45) is 0. The third-order valence-electron chi connectivity index (χ3n) is 6.29. The lowest BCUT2D eigenvalue weighted by molar-refractivity contribution is 0.102. The summed E-state index contributed by atoms with van der Waals surface area (Å²) in [5, 5.41) is 6.43. The number of carbonyl (C=O) groups excluding carboxylic acids is 1. The Morgan fingerprint density at radius 1 is 0.857 bits per heavy atom. The van der Waals surface area contributed by atoms with Crippen LogP contribution in [0.2, 0.25) is 0 Å². The third-order valence-corrected chi connectivity index (χ3v) is 7.04. The summed E-state index contributed by atoms with van der Waals surface area (Å²) in [6.45, 7) is 8.39. The van der Waals surface area contributed by atoms with Crippen molar-refractivity contribution in [1.29, 1.82) is 0 Å². The standard InChI is InChI=1S/C30H27N3OS/c1-18(2)21-13-15-22(16-14-21)26-17-35-30(32-26)33-29(34)27-20(4)28(23-11-9-19(3)10-12-23)31-25-8-6-5-7-24(25)27/h5-18H,1-4H3,(H,32,33,34). The molecular weight excluding hydrogens is 450 g/mol. The van der Waals surface area contributed by atoms with Crippen molar-refractivity contribution in [2.45, 2.75) is 33.6 Å². The normalized spacial score (nSPS) is 11.2. The van der Waals surface area contributed by atoms with Gasteiger partial charge in [-0.25, -0.2) is 9.97 Å². The van der Waals surface area contributed by atoms with Crippen LogP contribution in [-0.4, -0.2) is 15.9 Å². The number of thiazole rings is 1. The van der Waals surface area contributed by atoms with E-state index in [4.69, 9.17) is 9.97 Å². The maximum Gasteiger partial charge on any atom is 0.258 e. The molecule has 0 aliphatic carbocycles. The van der Waals surface area contributed by atoms with Crippen molar-refractivity contribution >= 4 is 33.3 Å². The number of anilines is 1. The highest BCUT2D eigenvalue weighted by molar-refractivity contribution is 7.14. The summed E-state index contributed by atoms with van der Waals surface area (Å²) in [5.74, 6) is 0.308. The summed E-state index contributed by atoms with van der Waals surface area (Å²) in [6, 6.07) is 24.5. The first-order valence-electron chi connectivity index (χ1n) is 11.7. The molecule has 2 aromatic heterocycles. The number of nitrogens with one attached hydrogen (secondary N) is 1. The van der Waals surface area contributed by atoms with Gasteiger partial charge in [-0.3, -0.25) is 10.1 Å². The molecule has 0 radical (unpaired) electrons. The summed E-state index contributed by atoms with van der Waals surface area (Å²) < 4.78 is 0. The van der Waals surface area contributed by atoms with Crippen LogP contribution in [0.4, 0.5) is 5.13 Å². The molecule has 174 valence electrons. The van der Waals surface area contributed by atoms with Crippen LogP contribution in [0.5, 0.6) is 0 Å². The second kappa shape index (κ2) is 9.43. The average Bonchev–Trinajstić information content (AvgIpc) is 3.32. The van der Waals surface area contributed by atoms with Crippen molar-refractivity contribution in [3.8, 4) is 22.5 Å². The molecule has 0 saturated carbocycles. The highest BCUT2D eigenvalue weighted by Gasteiger charge is 2.20. The molecule has 2 heterocycles. The maximum absolute atomic E-state index is 13.6. The van der Waals surface area contributed by atoms with E-state index in [9.17, 15) is 4.79 Å². The Morgan fingerprint density at radius 3 is 2.26 bits per heavy atom. The van der Waals surface area contributed by atoms with E-state index < -0.39 is 0 Å². The number of para-hydroxylation sites is 1. The minimum absolute atomic E-state index is 0.175. The number of hydrogen-bond donors (Lipinski definition) is 1. The molecule has 35 heavy (non-hydrogen) atoms. The number of nitrogens with zero attached hydrogens (tertiary/aromatic N) is 2. The van der Waals surface area contributed by atoms with Crippen molar-refractivity contribution in [2.75, 3.05) is 5.32 Å². The topological polar surface area (TPSA) is 54.9 Å². The van der Waals surface area contributed by atoms with Crippen LogP contribution < -0.4 is 5.32 Å². The molecule has 4 nitrogen and oxygen atoms in total. The summed E-state index contributed by atoms with van der Waals surface area (Å²) in [5.41, 5.74) is 8.47. The van der Waals surface area contributed by atoms with Crippen molar-refractivity contribution in [1.82, 2.24) is 9.97 Å². The van der Waals surface area contributed by atoms with E-state index >= 15 is 0 Å². The Labute approximate surface area is 209 Å². The molecule has 0 atom stereocenters. The molecule has 0 spiro atoms. The van der Waals surface area contributed by atoms with Crippen LogP contribution in [0.15, 0.2) is 78.2 Å². The molecule has 5 rings (SSSR count). The number of aromatic nitrogens is 2. The second-order valence-electron chi connectivity index (χ2n) is 9.11. The number of amides is 1. The molecule has 0 fully saturated rings. The van der Waals surface area contributed by atoms with Gasteiger partial charge >= 0.3 is 0 Å². The SMILES string of the molecule is Cc1ccc(-c2nc3ccccc3c(C(=O)Nc3nc(-c4ccc(C(C)C)cc4)cs3)c2C)cc1. The summed E-state index contributed by atoms with van der Waals surface area (Å²) >= 11 is 1.43. The number of rotatable bonds is 5. The molecule has 0 aliphatic heterocycles. The first-order chi connectivity index (χ1) is 16.9. The van der Waals surface area contributed by atoms with Gasteiger partial charge in [-0.1, -0.05) is 86.1 Å². The smallest absolute Gasteiger partial charge is 0.258 e. The van der Waals surface area contributed by atoms with Crippen LogP contribution in [0.25, 0.3) is 33.4 Å². The fraction of sp³-hybridized carbons (Fsp3) is 0.167. The van der Waals surface area contributed by atoms with E-state index in [0.717, 1.165) is 39.0 Å². The fourth-order valence-corrected chi connectivity index (χ4v) is 4.97. The van der Waals surface area contributed by atoms with Gasteiger partial charge in [-0.05, 0) is 37.0 Å². The maximum atomic E-state index is 13.6. The van der Waals surface area contributed by atoms with Gasteiger partial charge in [0.2, 0.25) is 0 Å². The number of fused-ring (bicyclic) bond motifs is 1. The van der Waals surface area contributed by atoms with Crippen molar-refractivity contribution in [3.05, 3.63) is 100 Å². The quantitative estimate of drug-likeness (QED) is 0.279. The van der Waals surface area contributed by atoms with Gasteiger partial charge in [0, 0.05) is 21.9 Å². The molecule has 0 aliphatic rings. The highest BCUT2D eigenvalue weighted by atomic mass is 32.1. The Kier molecular flexibility index (Phi) is 6.18. The van der Waals surface area contributed by atoms with Crippen molar-refractivity contribution in [2.24, 2.45) is 0 Å². The lowest BCUT2D eigenvalue weighted by Crippen LogP contribution is -2.15. The van der Waals surface area contributed by atoms with Gasteiger partial charge < -0.3 is 0 Å². The van der Waals surface area contributed by atoms with E-state index in [-0.39, 0.29) is 5.91 Å². The summed E-state index contributed by atoms with van der Waals surface area (Å²) in [4.78, 5) is 23.2. The van der Waals surface area contributed by atoms with Gasteiger partial charge in [0.1, 0.15) is 0 Å². The van der Waals surface area contributed by atoms with Crippen LogP contribution in [0, 0.1) is 13.8 Å². The van der Waals surface area contributed by atoms with E-state index in [0.29, 0.717) is 16.6 Å². The fourth-order valence-electron chi connectivity index (χ4n) is 4.25. The van der Waals surface area contributed by atoms with Gasteiger partial charge in [0.15, 0.2) is 5.13 Å². The first kappa shape index (κ1) is 22.9. The van der Waals surface area contributed by atoms with Crippen LogP contribution >= 0.6 is 11.3 Å². The minimum Gasteiger partial charge on any atom is -0.298 e. The molecule has 3 aromatic carbocycles. The molecule has 0 unspecified atom stereocenters. The molecule has 0 saturated heterocycles. The zero-order chi connectivity index (χ0) is 24.5. The second-order valence-corrected chi connectivity index (χ2v) is 9.97. The predicted octanol–water partition coefficient (Wildman–Crippen LogP) is 8.02. The molecule has 1 amide bonds. The molecule has 5 aromatic rings. The molecule has 0 bridgehead atoms. The zero-order valence-electron chi connectivity index (χ0n) is 20.3. The lowest BCUT2D eigenvalue weighted by Gasteiger charge is -2.14. The van der Waals surface area contributed by atoms with E-state index in [2.05, 4.69) is 74.6 Å². The number of pyridine rings is 1. The van der Waals surface area contributed by atoms with Crippen LogP contribution in [0.1, 0.15) is 46.8 Å². The third kappa shape index (κ3) is 4.60. The van der Waals surface area contributed by atoms with E-state index in [1.54, 1.807) is 0 Å². The Morgan fingerprint density at radius 2 is 1.54 bits per heavy atom. The number of benzene rings is 3. The van der Waals surface area contributed by atoms with E-state index in [1.165, 1.54) is 22.5 Å². The predicted molar refractivity (Wildman–Crippen MR) is 146 cm³/mol. The van der Waals surface area contributed by atoms with Crippen LogP contribution in [0.3, 0.4) is 0 Å². The lowest BCUT2D eigenvalue weighted by atomic mass is 9.97. The van der Waals surface area contributed by atoms with Gasteiger partial charge in [0.05, 0.1) is 22.5 Å². The zero-order valence-corrected chi connectivity index (χ0v) is 21.1. The van der Waals surface area contributed by atoms with Crippen molar-refractivity contribution in [3.63, 3.8) is 0 Å². The monoisotopic (exact) mass is 477 g/mol. The average molecular weight is 478 g/mol. The number of carbonyl (C=O) groups is 1. The van der Waals surface area contributed by atoms with Gasteiger partial charge in [0.25, 0.3) is 5.91 Å². The summed E-state index contributed by atoms with van der Waals surface area (Å²) in [7, 11) is 0. The first-order valence-corrected chi connectivity index (χ1v) is 12.6. The van der Waals surface area contributed by atoms with Gasteiger partial charge in [-0.2, -0.15) is 0 Å². The molecular formula is C30H27N3OS. The van der Waals surface area contributed by atoms with E-state index in [1.807, 2.05) is 36.6 Å². The van der Waals surface area contributed by atoms with Crippen molar-refractivity contribution < 1.29 is 4.79 Å². The molecule has 1 N–H and O–H groups in total. The van der Waals surface area contributed by atoms with Gasteiger partial charge in [-0.15, -0.1) is 11.3 Å². The highest BCUT2D eigenvalue weighted by Crippen LogP contribution is 2.32.